The first-order valence-electron chi connectivity index (χ1n) is 3.63. The van der Waals surface area contributed by atoms with E-state index in [0.29, 0.717) is 10.6 Å². The summed E-state index contributed by atoms with van der Waals surface area (Å²) in [4.78, 5) is 19.8. The number of halogens is 1. The van der Waals surface area contributed by atoms with E-state index in [9.17, 15) is 14.9 Å². The zero-order chi connectivity index (χ0) is 10.6. The molecule has 0 aliphatic rings. The first-order chi connectivity index (χ1) is 6.65. The normalized spacial score (nSPS) is 9.50. The van der Waals surface area contributed by atoms with E-state index < -0.39 is 4.92 Å². The number of rotatable bonds is 4. The molecule has 6 heteroatoms. The Morgan fingerprint density at radius 1 is 1.57 bits per heavy atom. The molecule has 0 aliphatic carbocycles. The van der Waals surface area contributed by atoms with Gasteiger partial charge in [0.25, 0.3) is 12.2 Å². The molecule has 0 saturated heterocycles. The van der Waals surface area contributed by atoms with Gasteiger partial charge in [0.15, 0.2) is 0 Å². The molecule has 14 heavy (non-hydrogen) atoms. The van der Waals surface area contributed by atoms with Crippen LogP contribution in [0.5, 0.6) is 0 Å². The maximum atomic E-state index is 10.4. The van der Waals surface area contributed by atoms with Crippen LogP contribution in [0.1, 0.15) is 5.56 Å². The Morgan fingerprint density at radius 2 is 2.29 bits per heavy atom. The minimum atomic E-state index is -0.541. The lowest BCUT2D eigenvalue weighted by Crippen LogP contribution is -1.94. The van der Waals surface area contributed by atoms with Crippen LogP contribution in [0.4, 0.5) is 5.69 Å². The minimum Gasteiger partial charge on any atom is -0.463 e. The SMILES string of the molecule is O=COCc1cc([N+](=O)[O-])ccc1Cl. The Balaban J connectivity index is 2.95. The second kappa shape index (κ2) is 4.57. The zero-order valence-electron chi connectivity index (χ0n) is 6.97. The lowest BCUT2D eigenvalue weighted by Gasteiger charge is -2.01. The Morgan fingerprint density at radius 3 is 2.86 bits per heavy atom. The van der Waals surface area contributed by atoms with Crippen molar-refractivity contribution < 1.29 is 14.5 Å². The smallest absolute Gasteiger partial charge is 0.293 e. The van der Waals surface area contributed by atoms with Crippen LogP contribution < -0.4 is 0 Å². The molecule has 0 heterocycles. The highest BCUT2D eigenvalue weighted by molar-refractivity contribution is 6.31. The largest absolute Gasteiger partial charge is 0.463 e. The fraction of sp³-hybridized carbons (Fsp3) is 0.125. The summed E-state index contributed by atoms with van der Waals surface area (Å²) in [5.74, 6) is 0. The molecule has 0 aromatic heterocycles. The van der Waals surface area contributed by atoms with Crippen LogP contribution in [0, 0.1) is 10.1 Å². The van der Waals surface area contributed by atoms with E-state index in [-0.39, 0.29) is 18.8 Å². The zero-order valence-corrected chi connectivity index (χ0v) is 7.73. The quantitative estimate of drug-likeness (QED) is 0.437. The van der Waals surface area contributed by atoms with E-state index in [2.05, 4.69) is 4.74 Å². The second-order valence-corrected chi connectivity index (χ2v) is 2.85. The fourth-order valence-corrected chi connectivity index (χ4v) is 1.08. The summed E-state index contributed by atoms with van der Waals surface area (Å²) in [6.07, 6.45) is 0. The third-order valence-corrected chi connectivity index (χ3v) is 1.92. The molecule has 0 aliphatic heterocycles. The Kier molecular flexibility index (Phi) is 3.41. The average molecular weight is 216 g/mol. The molecule has 0 saturated carbocycles. The summed E-state index contributed by atoms with van der Waals surface area (Å²) >= 11 is 5.72. The molecule has 0 N–H and O–H groups in total. The highest BCUT2D eigenvalue weighted by Gasteiger charge is 2.09. The van der Waals surface area contributed by atoms with Gasteiger partial charge >= 0.3 is 0 Å². The van der Waals surface area contributed by atoms with Crippen molar-refractivity contribution in [1.82, 2.24) is 0 Å². The van der Waals surface area contributed by atoms with E-state index in [1.807, 2.05) is 0 Å². The summed E-state index contributed by atoms with van der Waals surface area (Å²) in [7, 11) is 0. The van der Waals surface area contributed by atoms with Gasteiger partial charge in [0.05, 0.1) is 4.92 Å². The van der Waals surface area contributed by atoms with Crippen LogP contribution in [-0.2, 0) is 16.1 Å². The highest BCUT2D eigenvalue weighted by Crippen LogP contribution is 2.22. The van der Waals surface area contributed by atoms with E-state index in [1.165, 1.54) is 18.2 Å². The predicted molar refractivity (Wildman–Crippen MR) is 49.0 cm³/mol. The molecule has 0 unspecified atom stereocenters. The van der Waals surface area contributed by atoms with Crippen LogP contribution in [0.15, 0.2) is 18.2 Å². The van der Waals surface area contributed by atoms with E-state index >= 15 is 0 Å². The van der Waals surface area contributed by atoms with Gasteiger partial charge in [-0.3, -0.25) is 14.9 Å². The molecule has 0 atom stereocenters. The van der Waals surface area contributed by atoms with Crippen molar-refractivity contribution in [2.24, 2.45) is 0 Å². The van der Waals surface area contributed by atoms with Crippen molar-refractivity contribution in [3.8, 4) is 0 Å². The average Bonchev–Trinajstić information content (AvgIpc) is 2.16. The molecule has 1 aromatic rings. The van der Waals surface area contributed by atoms with Crippen molar-refractivity contribution in [2.45, 2.75) is 6.61 Å². The number of carbonyl (C=O) groups is 1. The van der Waals surface area contributed by atoms with Gasteiger partial charge in [-0.2, -0.15) is 0 Å². The summed E-state index contributed by atoms with van der Waals surface area (Å²) < 4.78 is 4.45. The van der Waals surface area contributed by atoms with Crippen LogP contribution in [0.2, 0.25) is 5.02 Å². The van der Waals surface area contributed by atoms with Crippen LogP contribution >= 0.6 is 11.6 Å². The fourth-order valence-electron chi connectivity index (χ4n) is 0.909. The van der Waals surface area contributed by atoms with Gasteiger partial charge in [-0.15, -0.1) is 0 Å². The van der Waals surface area contributed by atoms with Gasteiger partial charge in [-0.1, -0.05) is 11.6 Å². The van der Waals surface area contributed by atoms with Crippen molar-refractivity contribution in [2.75, 3.05) is 0 Å². The van der Waals surface area contributed by atoms with Gasteiger partial charge in [0.2, 0.25) is 0 Å². The highest BCUT2D eigenvalue weighted by atomic mass is 35.5. The molecule has 1 rings (SSSR count). The molecular formula is C8H6ClNO4. The third-order valence-electron chi connectivity index (χ3n) is 1.55. The molecule has 0 fully saturated rings. The monoisotopic (exact) mass is 215 g/mol. The van der Waals surface area contributed by atoms with Gasteiger partial charge in [0.1, 0.15) is 6.61 Å². The predicted octanol–water partition coefficient (Wildman–Crippen LogP) is 1.92. The molecule has 74 valence electrons. The van der Waals surface area contributed by atoms with Gasteiger partial charge in [-0.05, 0) is 6.07 Å². The van der Waals surface area contributed by atoms with Crippen molar-refractivity contribution in [3.63, 3.8) is 0 Å². The standard InChI is InChI=1S/C8H6ClNO4/c9-8-2-1-7(10(12)13)3-6(8)4-14-5-11/h1-3,5H,4H2. The number of nitrogens with zero attached hydrogens (tertiary/aromatic N) is 1. The molecule has 0 amide bonds. The van der Waals surface area contributed by atoms with Gasteiger partial charge in [-0.25, -0.2) is 0 Å². The number of nitro benzene ring substituents is 1. The van der Waals surface area contributed by atoms with E-state index in [4.69, 9.17) is 11.6 Å². The van der Waals surface area contributed by atoms with Crippen LogP contribution in [0.3, 0.4) is 0 Å². The molecular weight excluding hydrogens is 210 g/mol. The summed E-state index contributed by atoms with van der Waals surface area (Å²) in [6, 6.07) is 3.95. The number of non-ortho nitro benzene ring substituents is 1. The van der Waals surface area contributed by atoms with Crippen molar-refractivity contribution >= 4 is 23.8 Å². The maximum absolute atomic E-state index is 10.4. The van der Waals surface area contributed by atoms with Crippen molar-refractivity contribution in [3.05, 3.63) is 38.9 Å². The van der Waals surface area contributed by atoms with Gasteiger partial charge in [0, 0.05) is 22.7 Å². The second-order valence-electron chi connectivity index (χ2n) is 2.44. The molecule has 5 nitrogen and oxygen atoms in total. The number of carbonyl (C=O) groups excluding carboxylic acids is 1. The third kappa shape index (κ3) is 2.43. The Labute approximate surface area is 84.4 Å². The summed E-state index contributed by atoms with van der Waals surface area (Å²) in [6.45, 7) is 0.194. The van der Waals surface area contributed by atoms with E-state index in [1.54, 1.807) is 0 Å². The maximum Gasteiger partial charge on any atom is 0.293 e. The number of ether oxygens (including phenoxy) is 1. The molecule has 0 bridgehead atoms. The molecule has 1 aromatic carbocycles. The lowest BCUT2D eigenvalue weighted by molar-refractivity contribution is -0.384. The lowest BCUT2D eigenvalue weighted by atomic mass is 10.2. The molecule has 0 spiro atoms. The minimum absolute atomic E-state index is 0.0655. The van der Waals surface area contributed by atoms with Crippen LogP contribution in [0.25, 0.3) is 0 Å². The Hall–Kier alpha value is -1.62. The number of nitro groups is 1. The van der Waals surface area contributed by atoms with Crippen LogP contribution in [-0.4, -0.2) is 11.4 Å². The first kappa shape index (κ1) is 10.5. The summed E-state index contributed by atoms with van der Waals surface area (Å²) in [5, 5.41) is 10.7. The van der Waals surface area contributed by atoms with E-state index in [0.717, 1.165) is 0 Å². The van der Waals surface area contributed by atoms with Crippen molar-refractivity contribution in [1.29, 1.82) is 0 Å². The number of hydrogen-bond acceptors (Lipinski definition) is 4. The van der Waals surface area contributed by atoms with Gasteiger partial charge < -0.3 is 4.74 Å². The molecule has 0 radical (unpaired) electrons. The Bertz CT molecular complexity index is 366. The summed E-state index contributed by atoms with van der Waals surface area (Å²) in [5.41, 5.74) is 0.326. The first-order valence-corrected chi connectivity index (χ1v) is 4.01. The number of benzene rings is 1. The number of hydrogen-bond donors (Lipinski definition) is 0. The topological polar surface area (TPSA) is 69.4 Å².